The minimum atomic E-state index is -0.388. The van der Waals surface area contributed by atoms with E-state index in [4.69, 9.17) is 4.52 Å². The van der Waals surface area contributed by atoms with Crippen LogP contribution in [0.1, 0.15) is 22.8 Å². The van der Waals surface area contributed by atoms with Gasteiger partial charge in [0, 0.05) is 6.42 Å². The van der Waals surface area contributed by atoms with Crippen molar-refractivity contribution in [1.82, 2.24) is 10.1 Å². The summed E-state index contributed by atoms with van der Waals surface area (Å²) in [5.41, 5.74) is 2.31. The van der Waals surface area contributed by atoms with Crippen LogP contribution in [0.15, 0.2) is 28.8 Å². The van der Waals surface area contributed by atoms with E-state index in [1.165, 1.54) is 12.7 Å². The molecule has 0 spiro atoms. The highest BCUT2D eigenvalue weighted by atomic mass is 16.5. The van der Waals surface area contributed by atoms with E-state index in [1.54, 1.807) is 0 Å². The van der Waals surface area contributed by atoms with E-state index in [1.807, 2.05) is 31.2 Å². The molecule has 0 bridgehead atoms. The van der Waals surface area contributed by atoms with E-state index in [0.717, 1.165) is 5.56 Å². The molecule has 0 aliphatic rings. The summed E-state index contributed by atoms with van der Waals surface area (Å²) in [6.45, 7) is 2.03. The maximum absolute atomic E-state index is 11.0. The maximum Gasteiger partial charge on any atom is 0.315 e. The van der Waals surface area contributed by atoms with E-state index in [2.05, 4.69) is 14.9 Å². The number of rotatable bonds is 4. The van der Waals surface area contributed by atoms with Crippen LogP contribution in [0, 0.1) is 6.92 Å². The maximum atomic E-state index is 11.0. The fourth-order valence-corrected chi connectivity index (χ4v) is 1.52. The Morgan fingerprint density at radius 2 is 2.06 bits per heavy atom. The second-order valence-electron chi connectivity index (χ2n) is 4.02. The molecule has 1 aromatic heterocycles. The van der Waals surface area contributed by atoms with Gasteiger partial charge in [-0.05, 0) is 12.5 Å². The third-order valence-corrected chi connectivity index (χ3v) is 2.52. The molecule has 0 fully saturated rings. The zero-order chi connectivity index (χ0) is 13.0. The quantitative estimate of drug-likeness (QED) is 0.768. The Labute approximate surface area is 105 Å². The number of hydrogen-bond acceptors (Lipinski definition) is 5. The lowest BCUT2D eigenvalue weighted by Crippen LogP contribution is -2.04. The summed E-state index contributed by atoms with van der Waals surface area (Å²) in [6.07, 6.45) is 0.600. The van der Waals surface area contributed by atoms with Crippen molar-refractivity contribution in [3.05, 3.63) is 47.1 Å². The molecule has 0 saturated carbocycles. The van der Waals surface area contributed by atoms with Gasteiger partial charge in [-0.2, -0.15) is 4.98 Å². The third-order valence-electron chi connectivity index (χ3n) is 2.52. The van der Waals surface area contributed by atoms with Crippen LogP contribution in [0.5, 0.6) is 0 Å². The minimum Gasteiger partial charge on any atom is -0.469 e. The number of carbonyl (C=O) groups is 1. The van der Waals surface area contributed by atoms with E-state index >= 15 is 0 Å². The van der Waals surface area contributed by atoms with Crippen LogP contribution in [-0.2, 0) is 22.4 Å². The number of benzene rings is 1. The second-order valence-corrected chi connectivity index (χ2v) is 4.02. The van der Waals surface area contributed by atoms with E-state index in [-0.39, 0.29) is 18.3 Å². The smallest absolute Gasteiger partial charge is 0.315 e. The molecule has 5 heteroatoms. The van der Waals surface area contributed by atoms with E-state index < -0.39 is 0 Å². The van der Waals surface area contributed by atoms with Crippen LogP contribution in [0.25, 0.3) is 0 Å². The van der Waals surface area contributed by atoms with Crippen LogP contribution in [0.2, 0.25) is 0 Å². The zero-order valence-corrected chi connectivity index (χ0v) is 10.3. The van der Waals surface area contributed by atoms with Crippen molar-refractivity contribution in [2.45, 2.75) is 19.8 Å². The molecule has 0 N–H and O–H groups in total. The topological polar surface area (TPSA) is 65.2 Å². The Bertz CT molecular complexity index is 531. The lowest BCUT2D eigenvalue weighted by Gasteiger charge is -1.97. The van der Waals surface area contributed by atoms with Crippen molar-refractivity contribution in [3.63, 3.8) is 0 Å². The van der Waals surface area contributed by atoms with Gasteiger partial charge in [0.05, 0.1) is 7.11 Å². The predicted octanol–water partition coefficient (Wildman–Crippen LogP) is 1.68. The number of aryl methyl sites for hydroxylation is 1. The Kier molecular flexibility index (Phi) is 3.72. The summed E-state index contributed by atoms with van der Waals surface area (Å²) in [7, 11) is 1.33. The first-order valence-corrected chi connectivity index (χ1v) is 5.61. The van der Waals surface area contributed by atoms with Gasteiger partial charge in [-0.3, -0.25) is 4.79 Å². The zero-order valence-electron chi connectivity index (χ0n) is 10.3. The molecule has 1 heterocycles. The average Bonchev–Trinajstić information content (AvgIpc) is 2.79. The predicted molar refractivity (Wildman–Crippen MR) is 64.0 cm³/mol. The van der Waals surface area contributed by atoms with E-state index in [0.29, 0.717) is 12.2 Å². The van der Waals surface area contributed by atoms with Crippen LogP contribution in [0.4, 0.5) is 0 Å². The average molecular weight is 246 g/mol. The van der Waals surface area contributed by atoms with Crippen LogP contribution < -0.4 is 0 Å². The fourth-order valence-electron chi connectivity index (χ4n) is 1.52. The Balaban J connectivity index is 2.02. The summed E-state index contributed by atoms with van der Waals surface area (Å²) in [6, 6.07) is 8.10. The van der Waals surface area contributed by atoms with Crippen molar-refractivity contribution in [2.24, 2.45) is 0 Å². The molecular formula is C13H14N2O3. The van der Waals surface area contributed by atoms with Gasteiger partial charge < -0.3 is 9.26 Å². The van der Waals surface area contributed by atoms with Gasteiger partial charge in [0.15, 0.2) is 5.82 Å². The summed E-state index contributed by atoms with van der Waals surface area (Å²) in [5.74, 6) is 0.460. The number of aromatic nitrogens is 2. The van der Waals surface area contributed by atoms with Crippen LogP contribution in [0.3, 0.4) is 0 Å². The largest absolute Gasteiger partial charge is 0.469 e. The Hall–Kier alpha value is -2.17. The molecule has 94 valence electrons. The van der Waals surface area contributed by atoms with Crippen molar-refractivity contribution >= 4 is 5.97 Å². The monoisotopic (exact) mass is 246 g/mol. The number of carbonyl (C=O) groups excluding carboxylic acids is 1. The number of hydrogen-bond donors (Lipinski definition) is 0. The highest BCUT2D eigenvalue weighted by Gasteiger charge is 2.11. The number of esters is 1. The Morgan fingerprint density at radius 1 is 1.33 bits per heavy atom. The molecule has 18 heavy (non-hydrogen) atoms. The van der Waals surface area contributed by atoms with Gasteiger partial charge in [-0.25, -0.2) is 0 Å². The molecule has 5 nitrogen and oxygen atoms in total. The highest BCUT2D eigenvalue weighted by molar-refractivity contribution is 5.71. The van der Waals surface area contributed by atoms with Crippen molar-refractivity contribution in [3.8, 4) is 0 Å². The normalized spacial score (nSPS) is 10.3. The molecule has 0 radical (unpaired) electrons. The number of methoxy groups -OCH3 is 1. The SMILES string of the molecule is COC(=O)Cc1nc(Cc2ccc(C)cc2)no1. The molecule has 2 rings (SSSR count). The summed E-state index contributed by atoms with van der Waals surface area (Å²) in [4.78, 5) is 15.2. The third kappa shape index (κ3) is 3.16. The summed E-state index contributed by atoms with van der Waals surface area (Å²) in [5, 5.41) is 3.83. The highest BCUT2D eigenvalue weighted by Crippen LogP contribution is 2.09. The fraction of sp³-hybridized carbons (Fsp3) is 0.308. The standard InChI is InChI=1S/C13H14N2O3/c1-9-3-5-10(6-4-9)7-11-14-12(18-15-11)8-13(16)17-2/h3-6H,7-8H2,1-2H3. The first-order chi connectivity index (χ1) is 8.67. The van der Waals surface area contributed by atoms with Gasteiger partial charge in [-0.15, -0.1) is 0 Å². The van der Waals surface area contributed by atoms with Gasteiger partial charge in [0.2, 0.25) is 5.89 Å². The van der Waals surface area contributed by atoms with Gasteiger partial charge >= 0.3 is 5.97 Å². The van der Waals surface area contributed by atoms with Crippen LogP contribution >= 0.6 is 0 Å². The summed E-state index contributed by atoms with van der Waals surface area (Å²) >= 11 is 0. The van der Waals surface area contributed by atoms with Crippen molar-refractivity contribution in [2.75, 3.05) is 7.11 Å². The van der Waals surface area contributed by atoms with Gasteiger partial charge in [0.25, 0.3) is 0 Å². The van der Waals surface area contributed by atoms with E-state index in [9.17, 15) is 4.79 Å². The molecule has 0 aliphatic heterocycles. The molecule has 1 aromatic carbocycles. The van der Waals surface area contributed by atoms with Crippen molar-refractivity contribution in [1.29, 1.82) is 0 Å². The Morgan fingerprint density at radius 3 is 2.72 bits per heavy atom. The lowest BCUT2D eigenvalue weighted by atomic mass is 10.1. The minimum absolute atomic E-state index is 0.0113. The second kappa shape index (κ2) is 5.44. The van der Waals surface area contributed by atoms with Crippen molar-refractivity contribution < 1.29 is 14.1 Å². The first kappa shape index (κ1) is 12.3. The molecule has 0 amide bonds. The molecule has 0 aliphatic carbocycles. The molecule has 2 aromatic rings. The number of nitrogens with zero attached hydrogens (tertiary/aromatic N) is 2. The first-order valence-electron chi connectivity index (χ1n) is 5.61. The molecule has 0 saturated heterocycles. The van der Waals surface area contributed by atoms with Crippen LogP contribution in [-0.4, -0.2) is 23.2 Å². The number of ether oxygens (including phenoxy) is 1. The molecular weight excluding hydrogens is 232 g/mol. The van der Waals surface area contributed by atoms with Gasteiger partial charge in [-0.1, -0.05) is 35.0 Å². The molecule has 0 unspecified atom stereocenters. The van der Waals surface area contributed by atoms with Gasteiger partial charge in [0.1, 0.15) is 6.42 Å². The summed E-state index contributed by atoms with van der Waals surface area (Å²) < 4.78 is 9.50. The lowest BCUT2D eigenvalue weighted by molar-refractivity contribution is -0.140. The molecule has 0 atom stereocenters.